The highest BCUT2D eigenvalue weighted by Gasteiger charge is 2.57. The Morgan fingerprint density at radius 1 is 0.720 bits per heavy atom. The van der Waals surface area contributed by atoms with E-state index in [2.05, 4.69) is 103 Å². The normalized spacial score (nSPS) is 37.9. The number of hydrogen-bond acceptors (Lipinski definition) is 2. The number of fused-ring (bicyclic) bond motifs is 2. The van der Waals surface area contributed by atoms with E-state index in [1.54, 1.807) is 22.3 Å². The third-order valence-electron chi connectivity index (χ3n) is 15.1. The molecule has 1 saturated heterocycles. The van der Waals surface area contributed by atoms with Crippen molar-refractivity contribution in [1.82, 2.24) is 10.6 Å². The third-order valence-corrected chi connectivity index (χ3v) is 15.1. The van der Waals surface area contributed by atoms with Gasteiger partial charge in [0.05, 0.1) is 6.17 Å². The Kier molecular flexibility index (Phi) is 9.55. The topological polar surface area (TPSA) is 24.1 Å². The van der Waals surface area contributed by atoms with Crippen LogP contribution < -0.4 is 10.6 Å². The van der Waals surface area contributed by atoms with Crippen LogP contribution in [0, 0.1) is 40.9 Å². The predicted octanol–water partition coefficient (Wildman–Crippen LogP) is 11.8. The highest BCUT2D eigenvalue weighted by atomic mass is 15.2. The molecule has 1 heterocycles. The van der Waals surface area contributed by atoms with Gasteiger partial charge in [-0.1, -0.05) is 147 Å². The van der Waals surface area contributed by atoms with Crippen molar-refractivity contribution >= 4 is 0 Å². The van der Waals surface area contributed by atoms with Crippen molar-refractivity contribution in [3.05, 3.63) is 118 Å². The van der Waals surface area contributed by atoms with Crippen molar-refractivity contribution < 1.29 is 0 Å². The van der Waals surface area contributed by atoms with Gasteiger partial charge in [0, 0.05) is 23.4 Å². The van der Waals surface area contributed by atoms with Crippen LogP contribution >= 0.6 is 0 Å². The second kappa shape index (κ2) is 14.4. The fraction of sp³-hybridized carbons (Fsp3) is 0.583. The van der Waals surface area contributed by atoms with Gasteiger partial charge in [0.25, 0.3) is 0 Å². The van der Waals surface area contributed by atoms with Crippen LogP contribution in [0.2, 0.25) is 0 Å². The molecule has 9 rings (SSSR count). The van der Waals surface area contributed by atoms with Crippen molar-refractivity contribution in [2.75, 3.05) is 0 Å². The Balaban J connectivity index is 0.994. The summed E-state index contributed by atoms with van der Waals surface area (Å²) in [5.74, 6) is 4.04. The van der Waals surface area contributed by atoms with E-state index >= 15 is 0 Å². The summed E-state index contributed by atoms with van der Waals surface area (Å²) < 4.78 is 0. The second-order valence-corrected chi connectivity index (χ2v) is 17.5. The molecule has 1 aromatic carbocycles. The predicted molar refractivity (Wildman–Crippen MR) is 209 cm³/mol. The van der Waals surface area contributed by atoms with E-state index < -0.39 is 0 Å². The maximum Gasteiger partial charge on any atom is 0.0840 e. The standard InChI is InChI=1S/C48H62N2/c1-33-45(35-16-6-2-7-17-35)49-47(37-18-8-3-9-19-37)50-46(33)36-28-26-34(27-29-36)38-30-31-42-41-24-14-15-25-43(41)48(44(42)32-38,39-20-10-4-11-21-39)40-22-12-5-13-23-40/h3-4,8-10,14,18-20,24,26,28,30-31,33-36,40,44-47,49-50H,2,5-7,11-13,15-17,21-23,25,27,29,32H2,1H3. The van der Waals surface area contributed by atoms with Gasteiger partial charge in [0.15, 0.2) is 0 Å². The maximum absolute atomic E-state index is 4.18. The summed E-state index contributed by atoms with van der Waals surface area (Å²) in [6.45, 7) is 2.56. The lowest BCUT2D eigenvalue weighted by molar-refractivity contribution is 0.0877. The Morgan fingerprint density at radius 2 is 1.50 bits per heavy atom. The van der Waals surface area contributed by atoms with Crippen molar-refractivity contribution in [2.24, 2.45) is 40.9 Å². The van der Waals surface area contributed by atoms with E-state index in [9.17, 15) is 0 Å². The van der Waals surface area contributed by atoms with Crippen molar-refractivity contribution in [2.45, 2.75) is 134 Å². The molecule has 1 aromatic rings. The summed E-state index contributed by atoms with van der Waals surface area (Å²) in [6.07, 6.45) is 46.2. The van der Waals surface area contributed by atoms with E-state index in [4.69, 9.17) is 0 Å². The summed E-state index contributed by atoms with van der Waals surface area (Å²) in [6, 6.07) is 12.3. The molecule has 2 heteroatoms. The zero-order chi connectivity index (χ0) is 33.5. The van der Waals surface area contributed by atoms with Gasteiger partial charge in [-0.3, -0.25) is 10.6 Å². The number of benzene rings is 1. The second-order valence-electron chi connectivity index (χ2n) is 17.5. The van der Waals surface area contributed by atoms with Crippen LogP contribution in [-0.2, 0) is 0 Å². The molecule has 264 valence electrons. The molecule has 0 spiro atoms. The number of hydrogen-bond donors (Lipinski definition) is 2. The van der Waals surface area contributed by atoms with Gasteiger partial charge in [-0.2, -0.15) is 0 Å². The SMILES string of the molecule is CC1C(C2C=CC(C3=CC=C4C5=C(CCC=C5)C(C5=CC=CCC5)(C5CCCCC5)C4C3)CC2)NC(c2ccccc2)NC1C1CCCCC1. The molecule has 50 heavy (non-hydrogen) atoms. The van der Waals surface area contributed by atoms with Crippen LogP contribution in [0.3, 0.4) is 0 Å². The van der Waals surface area contributed by atoms with Gasteiger partial charge in [0.1, 0.15) is 0 Å². The van der Waals surface area contributed by atoms with Gasteiger partial charge in [-0.25, -0.2) is 0 Å². The van der Waals surface area contributed by atoms with Gasteiger partial charge in [-0.15, -0.1) is 0 Å². The molecule has 8 aliphatic rings. The number of allylic oxidation sites excluding steroid dienone is 13. The van der Waals surface area contributed by atoms with Gasteiger partial charge in [-0.05, 0) is 117 Å². The monoisotopic (exact) mass is 666 g/mol. The minimum absolute atomic E-state index is 0.242. The van der Waals surface area contributed by atoms with Gasteiger partial charge in [0.2, 0.25) is 0 Å². The lowest BCUT2D eigenvalue weighted by atomic mass is 9.53. The minimum Gasteiger partial charge on any atom is -0.295 e. The molecule has 2 saturated carbocycles. The average molecular weight is 667 g/mol. The zero-order valence-electron chi connectivity index (χ0n) is 30.8. The lowest BCUT2D eigenvalue weighted by Gasteiger charge is -2.50. The maximum atomic E-state index is 4.18. The summed E-state index contributed by atoms with van der Waals surface area (Å²) >= 11 is 0. The molecule has 1 aliphatic heterocycles. The smallest absolute Gasteiger partial charge is 0.0840 e. The molecular weight excluding hydrogens is 605 g/mol. The van der Waals surface area contributed by atoms with E-state index in [-0.39, 0.29) is 11.6 Å². The quantitative estimate of drug-likeness (QED) is 0.295. The molecular formula is C48H62N2. The van der Waals surface area contributed by atoms with E-state index in [1.807, 2.05) is 5.57 Å². The first kappa shape index (κ1) is 33.2. The molecule has 0 amide bonds. The number of rotatable bonds is 6. The Morgan fingerprint density at radius 3 is 2.26 bits per heavy atom. The first-order valence-electron chi connectivity index (χ1n) is 21.1. The molecule has 0 radical (unpaired) electrons. The fourth-order valence-corrected chi connectivity index (χ4v) is 12.8. The minimum atomic E-state index is 0.242. The summed E-state index contributed by atoms with van der Waals surface area (Å²) in [7, 11) is 0. The van der Waals surface area contributed by atoms with Gasteiger partial charge >= 0.3 is 0 Å². The molecule has 8 atom stereocenters. The van der Waals surface area contributed by atoms with Crippen molar-refractivity contribution in [3.8, 4) is 0 Å². The largest absolute Gasteiger partial charge is 0.295 e. The first-order valence-corrected chi connectivity index (χ1v) is 21.1. The van der Waals surface area contributed by atoms with Crippen LogP contribution in [0.5, 0.6) is 0 Å². The van der Waals surface area contributed by atoms with E-state index in [0.29, 0.717) is 35.8 Å². The summed E-state index contributed by atoms with van der Waals surface area (Å²) in [5.41, 5.74) is 10.3. The molecule has 3 fully saturated rings. The van der Waals surface area contributed by atoms with Crippen LogP contribution in [0.4, 0.5) is 0 Å². The molecule has 8 unspecified atom stereocenters. The van der Waals surface area contributed by atoms with Crippen LogP contribution in [0.25, 0.3) is 0 Å². The molecule has 2 nitrogen and oxygen atoms in total. The molecule has 2 N–H and O–H groups in total. The Bertz CT molecular complexity index is 1600. The highest BCUT2D eigenvalue weighted by molar-refractivity contribution is 5.62. The van der Waals surface area contributed by atoms with E-state index in [0.717, 1.165) is 11.8 Å². The zero-order valence-corrected chi connectivity index (χ0v) is 30.8. The first-order chi connectivity index (χ1) is 24.7. The molecule has 7 aliphatic carbocycles. The Hall–Kier alpha value is -2.68. The van der Waals surface area contributed by atoms with Crippen LogP contribution in [0.15, 0.2) is 113 Å². The molecule has 0 aromatic heterocycles. The van der Waals surface area contributed by atoms with Crippen LogP contribution in [-0.4, -0.2) is 12.1 Å². The van der Waals surface area contributed by atoms with Crippen molar-refractivity contribution in [3.63, 3.8) is 0 Å². The Labute approximate surface area is 303 Å². The summed E-state index contributed by atoms with van der Waals surface area (Å²) in [4.78, 5) is 0. The molecule has 0 bridgehead atoms. The van der Waals surface area contributed by atoms with E-state index in [1.165, 1.54) is 115 Å². The van der Waals surface area contributed by atoms with Crippen molar-refractivity contribution in [1.29, 1.82) is 0 Å². The third kappa shape index (κ3) is 5.85. The highest BCUT2D eigenvalue weighted by Crippen LogP contribution is 2.67. The fourth-order valence-electron chi connectivity index (χ4n) is 12.8. The summed E-state index contributed by atoms with van der Waals surface area (Å²) in [5, 5.41) is 8.34. The van der Waals surface area contributed by atoms with Gasteiger partial charge < -0.3 is 0 Å². The number of nitrogens with one attached hydrogen (secondary N) is 2. The average Bonchev–Trinajstić information content (AvgIpc) is 3.50. The lowest BCUT2D eigenvalue weighted by Crippen LogP contribution is -2.62. The van der Waals surface area contributed by atoms with Crippen LogP contribution in [0.1, 0.15) is 128 Å².